The molecule has 0 fully saturated rings. The number of carbonyl (C=O) groups is 6. The van der Waals surface area contributed by atoms with Crippen LogP contribution in [-0.2, 0) is 30.4 Å². The van der Waals surface area contributed by atoms with Crippen LogP contribution in [-0.4, -0.2) is 84.9 Å². The number of ketones is 1. The summed E-state index contributed by atoms with van der Waals surface area (Å²) in [6.45, 7) is -0.308. The second-order valence-electron chi connectivity index (χ2n) is 12.2. The Hall–Kier alpha value is -5.78. The van der Waals surface area contributed by atoms with Crippen molar-refractivity contribution in [2.45, 2.75) is 50.5 Å². The minimum Gasteiger partial charge on any atom is -0.497 e. The summed E-state index contributed by atoms with van der Waals surface area (Å²) < 4.78 is 77.9. The molecule has 0 radical (unpaired) electrons. The van der Waals surface area contributed by atoms with E-state index in [2.05, 4.69) is 16.0 Å². The average Bonchev–Trinajstić information content (AvgIpc) is 3.13. The molecule has 0 aliphatic heterocycles. The van der Waals surface area contributed by atoms with Gasteiger partial charge in [-0.2, -0.15) is 22.0 Å². The van der Waals surface area contributed by atoms with Crippen LogP contribution < -0.4 is 30.7 Å². The first-order valence-corrected chi connectivity index (χ1v) is 16.6. The number of benzene rings is 3. The van der Waals surface area contributed by atoms with E-state index >= 15 is 0 Å². The largest absolute Gasteiger partial charge is 0.497 e. The Morgan fingerprint density at radius 1 is 0.818 bits per heavy atom. The van der Waals surface area contributed by atoms with Crippen molar-refractivity contribution in [1.82, 2.24) is 21.3 Å². The molecule has 3 unspecified atom stereocenters. The minimum absolute atomic E-state index is 0.0381. The van der Waals surface area contributed by atoms with Crippen molar-refractivity contribution in [2.75, 3.05) is 20.3 Å². The molecule has 0 heterocycles. The topological polar surface area (TPSA) is 189 Å². The number of methoxy groups -OCH3 is 1. The van der Waals surface area contributed by atoms with Gasteiger partial charge in [0, 0.05) is 17.0 Å². The van der Waals surface area contributed by atoms with Gasteiger partial charge in [0.25, 0.3) is 11.8 Å². The van der Waals surface area contributed by atoms with Crippen LogP contribution in [0.1, 0.15) is 41.4 Å². The van der Waals surface area contributed by atoms with Gasteiger partial charge in [0.15, 0.2) is 6.61 Å². The molecule has 0 aliphatic rings. The zero-order valence-corrected chi connectivity index (χ0v) is 30.1. The van der Waals surface area contributed by atoms with E-state index in [0.29, 0.717) is 11.3 Å². The number of carboxylic acid groups (broad SMARTS) is 1. The van der Waals surface area contributed by atoms with Gasteiger partial charge in [0.05, 0.1) is 13.2 Å². The predicted octanol–water partition coefficient (Wildman–Crippen LogP) is 4.03. The summed E-state index contributed by atoms with van der Waals surface area (Å²) in [5.41, 5.74) is 0.526. The van der Waals surface area contributed by atoms with Gasteiger partial charge in [-0.15, -0.1) is 0 Å². The second-order valence-corrected chi connectivity index (χ2v) is 12.7. The van der Waals surface area contributed by atoms with Crippen LogP contribution in [0.3, 0.4) is 0 Å². The van der Waals surface area contributed by atoms with Crippen LogP contribution in [0.4, 0.5) is 22.0 Å². The first-order chi connectivity index (χ1) is 25.7. The van der Waals surface area contributed by atoms with Gasteiger partial charge < -0.3 is 35.8 Å². The highest BCUT2D eigenvalue weighted by atomic mass is 35.5. The number of Topliss-reactive ketones (excluding diaryl/α,β-unsaturated/α-hetero) is 1. The fourth-order valence-corrected chi connectivity index (χ4v) is 5.08. The van der Waals surface area contributed by atoms with Gasteiger partial charge in [-0.05, 0) is 59.5 Å². The SMILES string of the molecule is COc1ccc(C(NC(=O)C(Cc2ccc(OCC(=O)O)cc2)NC(=O)c2cccc(Cl)c2)C(=O)NC(C(=O)C(F)(F)C(=O)NCC(F)(F)F)C(C)C)cc1. The monoisotopic (exact) mass is 798 g/mol. The summed E-state index contributed by atoms with van der Waals surface area (Å²) in [4.78, 5) is 77.0. The lowest BCUT2D eigenvalue weighted by atomic mass is 9.94. The van der Waals surface area contributed by atoms with Gasteiger partial charge in [-0.25, -0.2) is 4.79 Å². The van der Waals surface area contributed by atoms with Crippen molar-refractivity contribution in [1.29, 1.82) is 0 Å². The molecule has 3 atom stereocenters. The molecular formula is C36H36ClF5N4O9. The molecule has 0 saturated heterocycles. The van der Waals surface area contributed by atoms with Gasteiger partial charge in [0.2, 0.25) is 17.6 Å². The molecule has 0 spiro atoms. The number of carbonyl (C=O) groups excluding carboxylic acids is 5. The standard InChI is InChI=1S/C36H36ClF5N4O9/c1-19(2)28(30(49)36(41,42)34(53)43-18-35(38,39)40)45-33(52)29(21-9-13-24(54-3)14-10-21)46-32(51)26(44-31(50)22-5-4-6-23(37)16-22)15-20-7-11-25(12-8-20)55-17-27(47)48/h4-14,16,19,26,28-29H,15,17-18H2,1-3H3,(H,43,53)(H,44,50)(H,45,52)(H,46,51)(H,47,48). The minimum atomic E-state index is -5.06. The van der Waals surface area contributed by atoms with E-state index in [4.69, 9.17) is 26.2 Å². The maximum atomic E-state index is 14.9. The third kappa shape index (κ3) is 12.9. The number of amides is 4. The molecule has 4 amide bonds. The molecule has 0 aromatic heterocycles. The number of hydrogen-bond acceptors (Lipinski definition) is 8. The Morgan fingerprint density at radius 2 is 1.44 bits per heavy atom. The molecule has 55 heavy (non-hydrogen) atoms. The number of nitrogens with one attached hydrogen (secondary N) is 4. The molecule has 13 nitrogen and oxygen atoms in total. The Bertz CT molecular complexity index is 1860. The van der Waals surface area contributed by atoms with E-state index in [1.807, 2.05) is 0 Å². The lowest BCUT2D eigenvalue weighted by Gasteiger charge is -2.28. The van der Waals surface area contributed by atoms with Crippen molar-refractivity contribution in [3.63, 3.8) is 0 Å². The highest BCUT2D eigenvalue weighted by Crippen LogP contribution is 2.24. The van der Waals surface area contributed by atoms with E-state index in [1.165, 1.54) is 93.8 Å². The highest BCUT2D eigenvalue weighted by molar-refractivity contribution is 6.31. The van der Waals surface area contributed by atoms with Crippen LogP contribution in [0.15, 0.2) is 72.8 Å². The van der Waals surface area contributed by atoms with Crippen LogP contribution in [0, 0.1) is 5.92 Å². The molecule has 3 rings (SSSR count). The van der Waals surface area contributed by atoms with Crippen molar-refractivity contribution in [3.8, 4) is 11.5 Å². The van der Waals surface area contributed by atoms with Crippen molar-refractivity contribution in [3.05, 3.63) is 94.5 Å². The van der Waals surface area contributed by atoms with Crippen LogP contribution in [0.25, 0.3) is 0 Å². The smallest absolute Gasteiger partial charge is 0.405 e. The number of rotatable bonds is 18. The van der Waals surface area contributed by atoms with Gasteiger partial charge in [-0.3, -0.25) is 24.0 Å². The summed E-state index contributed by atoms with van der Waals surface area (Å²) in [5.74, 6) is -14.6. The lowest BCUT2D eigenvalue weighted by Crippen LogP contribution is -2.58. The molecule has 296 valence electrons. The zero-order chi connectivity index (χ0) is 41.1. The van der Waals surface area contributed by atoms with E-state index in [-0.39, 0.29) is 28.3 Å². The number of alkyl halides is 5. The van der Waals surface area contributed by atoms with Crippen LogP contribution in [0.5, 0.6) is 11.5 Å². The van der Waals surface area contributed by atoms with Crippen molar-refractivity contribution >= 4 is 47.0 Å². The number of ether oxygens (including phenoxy) is 2. The normalized spacial score (nSPS) is 13.1. The van der Waals surface area contributed by atoms with Gasteiger partial charge in [-0.1, -0.05) is 55.8 Å². The zero-order valence-electron chi connectivity index (χ0n) is 29.3. The number of aliphatic carboxylic acids is 1. The second kappa shape index (κ2) is 19.0. The van der Waals surface area contributed by atoms with E-state index < -0.39 is 84.7 Å². The number of hydrogen-bond donors (Lipinski definition) is 5. The number of halogens is 6. The third-order valence-electron chi connectivity index (χ3n) is 7.72. The summed E-state index contributed by atoms with van der Waals surface area (Å²) in [6, 6.07) is 11.7. The fourth-order valence-electron chi connectivity index (χ4n) is 4.89. The Balaban J connectivity index is 1.97. The Labute approximate surface area is 315 Å². The molecular weight excluding hydrogens is 763 g/mol. The van der Waals surface area contributed by atoms with E-state index in [9.17, 15) is 50.7 Å². The highest BCUT2D eigenvalue weighted by Gasteiger charge is 2.52. The van der Waals surface area contributed by atoms with E-state index in [1.54, 1.807) is 0 Å². The lowest BCUT2D eigenvalue weighted by molar-refractivity contribution is -0.165. The predicted molar refractivity (Wildman–Crippen MR) is 186 cm³/mol. The van der Waals surface area contributed by atoms with Crippen molar-refractivity contribution < 1.29 is 65.3 Å². The van der Waals surface area contributed by atoms with Gasteiger partial charge >= 0.3 is 18.1 Å². The number of carboxylic acids is 1. The maximum Gasteiger partial charge on any atom is 0.405 e. The Kier molecular flexibility index (Phi) is 15.1. The molecule has 3 aromatic carbocycles. The van der Waals surface area contributed by atoms with Crippen molar-refractivity contribution in [2.24, 2.45) is 5.92 Å². The molecule has 5 N–H and O–H groups in total. The Morgan fingerprint density at radius 3 is 1.98 bits per heavy atom. The summed E-state index contributed by atoms with van der Waals surface area (Å²) >= 11 is 6.04. The fraction of sp³-hybridized carbons (Fsp3) is 0.333. The molecule has 19 heteroatoms. The van der Waals surface area contributed by atoms with E-state index in [0.717, 1.165) is 5.32 Å². The first-order valence-electron chi connectivity index (χ1n) is 16.2. The molecule has 0 aliphatic carbocycles. The quantitative estimate of drug-likeness (QED) is 0.0935. The molecule has 3 aromatic rings. The van der Waals surface area contributed by atoms with Crippen LogP contribution in [0.2, 0.25) is 5.02 Å². The molecule has 0 saturated carbocycles. The molecule has 0 bridgehead atoms. The summed E-state index contributed by atoms with van der Waals surface area (Å²) in [7, 11) is 1.35. The summed E-state index contributed by atoms with van der Waals surface area (Å²) in [6.07, 6.45) is -5.28. The van der Waals surface area contributed by atoms with Crippen LogP contribution >= 0.6 is 11.6 Å². The third-order valence-corrected chi connectivity index (χ3v) is 7.96. The summed E-state index contributed by atoms with van der Waals surface area (Å²) in [5, 5.41) is 17.2. The van der Waals surface area contributed by atoms with Gasteiger partial charge in [0.1, 0.15) is 30.1 Å². The first kappa shape index (κ1) is 43.6. The average molecular weight is 799 g/mol. The maximum absolute atomic E-state index is 14.9.